The molecule has 3 aromatic heterocycles. The molecule has 2 aliphatic heterocycles. The van der Waals surface area contributed by atoms with Crippen LogP contribution in [0.15, 0.2) is 79.1 Å². The highest BCUT2D eigenvalue weighted by atomic mass is 16.7. The third-order valence-corrected chi connectivity index (χ3v) is 7.69. The number of aromatic nitrogens is 3. The second-order valence-electron chi connectivity index (χ2n) is 12.6. The van der Waals surface area contributed by atoms with Crippen molar-refractivity contribution in [1.82, 2.24) is 15.0 Å². The molecule has 15 nitrogen and oxygen atoms in total. The summed E-state index contributed by atoms with van der Waals surface area (Å²) in [6.45, 7) is 8.87. The number of hydrogen-bond acceptors (Lipinski definition) is 13. The number of ketones is 2. The van der Waals surface area contributed by atoms with Crippen LogP contribution in [0.1, 0.15) is 73.1 Å². The van der Waals surface area contributed by atoms with E-state index in [9.17, 15) is 29.1 Å². The zero-order chi connectivity index (χ0) is 39.0. The number of carboxylic acid groups (broad SMARTS) is 1. The first-order chi connectivity index (χ1) is 25.8. The van der Waals surface area contributed by atoms with Gasteiger partial charge in [0.05, 0.1) is 23.4 Å². The number of aromatic carboxylic acids is 1. The number of carbonyl (C=O) groups excluding carboxylic acids is 4. The summed E-state index contributed by atoms with van der Waals surface area (Å²) in [6.07, 6.45) is 3.02. The molecule has 0 aliphatic carbocycles. The number of pyridine rings is 3. The van der Waals surface area contributed by atoms with Gasteiger partial charge in [-0.05, 0) is 80.6 Å². The topological polar surface area (TPSA) is 202 Å². The van der Waals surface area contributed by atoms with Gasteiger partial charge in [-0.25, -0.2) is 24.5 Å². The van der Waals surface area contributed by atoms with Crippen LogP contribution in [0, 0.1) is 5.41 Å². The Morgan fingerprint density at radius 3 is 2.05 bits per heavy atom. The molecule has 15 heteroatoms. The predicted molar refractivity (Wildman–Crippen MR) is 201 cm³/mol. The fourth-order valence-corrected chi connectivity index (χ4v) is 4.84. The van der Waals surface area contributed by atoms with Gasteiger partial charge in [-0.2, -0.15) is 0 Å². The zero-order valence-electron chi connectivity index (χ0n) is 30.0. The summed E-state index contributed by atoms with van der Waals surface area (Å²) in [4.78, 5) is 70.3. The lowest BCUT2D eigenvalue weighted by Crippen LogP contribution is -2.29. The van der Waals surface area contributed by atoms with Crippen molar-refractivity contribution >= 4 is 46.3 Å². The van der Waals surface area contributed by atoms with Crippen LogP contribution in [0.25, 0.3) is 22.3 Å². The number of carbonyl (C=O) groups is 5. The number of fused-ring (bicyclic) bond motifs is 3. The highest BCUT2D eigenvalue weighted by Crippen LogP contribution is 2.36. The van der Waals surface area contributed by atoms with E-state index >= 15 is 0 Å². The van der Waals surface area contributed by atoms with E-state index in [0.29, 0.717) is 45.3 Å². The summed E-state index contributed by atoms with van der Waals surface area (Å²) >= 11 is 0. The average molecular weight is 753 g/mol. The minimum Gasteiger partial charge on any atom is -0.478 e. The minimum absolute atomic E-state index is 0. The second kappa shape index (κ2) is 17.7. The van der Waals surface area contributed by atoms with Gasteiger partial charge >= 0.3 is 11.9 Å². The van der Waals surface area contributed by atoms with Crippen molar-refractivity contribution < 1.29 is 52.8 Å². The van der Waals surface area contributed by atoms with Gasteiger partial charge in [0.1, 0.15) is 5.82 Å². The summed E-state index contributed by atoms with van der Waals surface area (Å²) in [5.74, 6) is -0.354. The molecule has 7 rings (SSSR count). The highest BCUT2D eigenvalue weighted by Gasteiger charge is 2.26. The Labute approximate surface area is 316 Å². The Balaban J connectivity index is 0.000000189. The first-order valence-electron chi connectivity index (χ1n) is 16.5. The van der Waals surface area contributed by atoms with Gasteiger partial charge in [-0.1, -0.05) is 28.2 Å². The Kier molecular flexibility index (Phi) is 13.2. The summed E-state index contributed by atoms with van der Waals surface area (Å²) in [6, 6.07) is 18.4. The maximum Gasteiger partial charge on any atom is 0.379 e. The molecule has 55 heavy (non-hydrogen) atoms. The van der Waals surface area contributed by atoms with Crippen LogP contribution in [0.3, 0.4) is 0 Å². The van der Waals surface area contributed by atoms with Crippen LogP contribution < -0.4 is 24.3 Å². The maximum atomic E-state index is 11.9. The molecular weight excluding hydrogens is 712 g/mol. The fourth-order valence-electron chi connectivity index (χ4n) is 4.84. The number of amides is 1. The Morgan fingerprint density at radius 1 is 0.800 bits per heavy atom. The smallest absolute Gasteiger partial charge is 0.379 e. The van der Waals surface area contributed by atoms with Crippen molar-refractivity contribution in [3.05, 3.63) is 95.8 Å². The van der Waals surface area contributed by atoms with E-state index in [4.69, 9.17) is 18.9 Å². The molecule has 5 heterocycles. The first kappa shape index (κ1) is 40.9. The van der Waals surface area contributed by atoms with E-state index in [2.05, 4.69) is 25.0 Å². The van der Waals surface area contributed by atoms with Crippen LogP contribution in [0.4, 0.5) is 5.82 Å². The van der Waals surface area contributed by atoms with E-state index in [1.54, 1.807) is 82.4 Å². The van der Waals surface area contributed by atoms with Gasteiger partial charge in [0.25, 0.3) is 5.78 Å². The predicted octanol–water partition coefficient (Wildman–Crippen LogP) is 6.79. The molecule has 0 fully saturated rings. The average Bonchev–Trinajstić information content (AvgIpc) is 3.84. The van der Waals surface area contributed by atoms with Gasteiger partial charge in [0.2, 0.25) is 19.5 Å². The molecule has 0 bridgehead atoms. The number of hydrogen-bond donors (Lipinski definition) is 2. The van der Waals surface area contributed by atoms with Crippen LogP contribution in [-0.2, 0) is 14.3 Å². The number of nitrogens with zero attached hydrogens (tertiary/aromatic N) is 3. The molecule has 2 N–H and O–H groups in total. The fraction of sp³-hybridized carbons (Fsp3) is 0.250. The molecule has 0 saturated carbocycles. The summed E-state index contributed by atoms with van der Waals surface area (Å²) in [7, 11) is 0. The quantitative estimate of drug-likeness (QED) is 0.0999. The Bertz CT molecular complexity index is 2250. The maximum absolute atomic E-state index is 11.9. The molecular formula is C40H40N4O11. The van der Waals surface area contributed by atoms with E-state index in [1.807, 2.05) is 6.07 Å². The first-order valence-corrected chi connectivity index (χ1v) is 16.5. The molecule has 286 valence electrons. The number of ether oxygens (including phenoxy) is 5. The standard InChI is InChI=1S/C16H10N2O4.C14H18N2O4.C9H8O3.CH4/c19-16(20)11-7-12(18-15-10(11)2-1-5-17-15)9-3-4-13-14(6-9)22-8-21-13;1-5-20-12(18)10(17)9-7-6-8-15-11(9)16-13(19)14(2,3)4;1-6(10)7-2-3-8-9(4-7)12-5-11-8;/h1-7H,8H2,(H,19,20);6-8H,5H2,1-4H3,(H,15,16,19);2-4H,5H2,1H3;1H4. The lowest BCUT2D eigenvalue weighted by molar-refractivity contribution is -0.137. The molecule has 5 aromatic rings. The van der Waals surface area contributed by atoms with E-state index in [0.717, 1.165) is 5.56 Å². The molecule has 2 aromatic carbocycles. The van der Waals surface area contributed by atoms with Crippen molar-refractivity contribution in [3.8, 4) is 34.3 Å². The van der Waals surface area contributed by atoms with Gasteiger partial charge in [0, 0.05) is 34.3 Å². The van der Waals surface area contributed by atoms with Crippen LogP contribution >= 0.6 is 0 Å². The van der Waals surface area contributed by atoms with Gasteiger partial charge in [-0.3, -0.25) is 14.4 Å². The van der Waals surface area contributed by atoms with Crippen molar-refractivity contribution in [3.63, 3.8) is 0 Å². The molecule has 0 spiro atoms. The Morgan fingerprint density at radius 2 is 1.42 bits per heavy atom. The number of rotatable bonds is 7. The van der Waals surface area contributed by atoms with Gasteiger partial charge in [0.15, 0.2) is 34.4 Å². The molecule has 0 saturated heterocycles. The lowest BCUT2D eigenvalue weighted by Gasteiger charge is -2.18. The molecule has 0 atom stereocenters. The van der Waals surface area contributed by atoms with Crippen molar-refractivity contribution in [1.29, 1.82) is 0 Å². The number of anilines is 1. The van der Waals surface area contributed by atoms with Crippen LogP contribution in [0.2, 0.25) is 0 Å². The number of carboxylic acids is 1. The van der Waals surface area contributed by atoms with Gasteiger partial charge < -0.3 is 34.1 Å². The van der Waals surface area contributed by atoms with E-state index < -0.39 is 23.1 Å². The third kappa shape index (κ3) is 9.95. The van der Waals surface area contributed by atoms with Crippen LogP contribution in [-0.4, -0.2) is 69.7 Å². The number of nitrogens with one attached hydrogen (secondary N) is 1. The molecule has 2 aliphatic rings. The minimum atomic E-state index is -1.01. The monoisotopic (exact) mass is 752 g/mol. The largest absolute Gasteiger partial charge is 0.478 e. The van der Waals surface area contributed by atoms with Crippen molar-refractivity contribution in [2.45, 2.75) is 42.0 Å². The molecule has 0 unspecified atom stereocenters. The van der Waals surface area contributed by atoms with E-state index in [-0.39, 0.29) is 56.3 Å². The molecule has 0 radical (unpaired) electrons. The zero-order valence-corrected chi connectivity index (χ0v) is 30.0. The number of benzene rings is 2. The summed E-state index contributed by atoms with van der Waals surface area (Å²) in [5.41, 5.74) is 1.88. The second-order valence-corrected chi connectivity index (χ2v) is 12.6. The summed E-state index contributed by atoms with van der Waals surface area (Å²) < 4.78 is 25.5. The number of Topliss-reactive ketones (excluding diaryl/α,β-unsaturated/α-hetero) is 2. The third-order valence-electron chi connectivity index (χ3n) is 7.69. The van der Waals surface area contributed by atoms with Gasteiger partial charge in [-0.15, -0.1) is 0 Å². The van der Waals surface area contributed by atoms with Crippen molar-refractivity contribution in [2.75, 3.05) is 25.5 Å². The summed E-state index contributed by atoms with van der Waals surface area (Å²) in [5, 5.41) is 12.5. The number of esters is 1. The Hall–Kier alpha value is -6.90. The lowest BCUT2D eigenvalue weighted by atomic mass is 9.95. The SMILES string of the molecule is C.CC(=O)c1ccc2c(c1)OCO2.CCOC(=O)C(=O)c1cccnc1NC(=O)C(C)(C)C.O=C(O)c1cc(-c2ccc3c(c2)OCO3)nc2ncccc12. The van der Waals surface area contributed by atoms with Crippen molar-refractivity contribution in [2.24, 2.45) is 5.41 Å². The normalized spacial score (nSPS) is 11.8. The van der Waals surface area contributed by atoms with Crippen LogP contribution in [0.5, 0.6) is 23.0 Å². The van der Waals surface area contributed by atoms with E-state index in [1.165, 1.54) is 25.3 Å². The molecule has 1 amide bonds. The highest BCUT2D eigenvalue weighted by molar-refractivity contribution is 6.41.